The predicted molar refractivity (Wildman–Crippen MR) is 86.3 cm³/mol. The van der Waals surface area contributed by atoms with Crippen LogP contribution in [0.4, 0.5) is 0 Å². The minimum absolute atomic E-state index is 0.487. The Kier molecular flexibility index (Phi) is 5.20. The molecule has 1 saturated carbocycles. The summed E-state index contributed by atoms with van der Waals surface area (Å²) in [6.07, 6.45) is 2.56. The fraction of sp³-hybridized carbons (Fsp3) is 0.588. The zero-order chi connectivity index (χ0) is 15.6. The van der Waals surface area contributed by atoms with Gasteiger partial charge in [-0.15, -0.1) is 0 Å². The third-order valence-corrected chi connectivity index (χ3v) is 5.25. The Labute approximate surface area is 136 Å². The lowest BCUT2D eigenvalue weighted by atomic mass is 9.65. The van der Waals surface area contributed by atoms with Gasteiger partial charge in [-0.2, -0.15) is 5.26 Å². The third-order valence-electron chi connectivity index (χ3n) is 4.81. The van der Waals surface area contributed by atoms with Crippen LogP contribution >= 0.6 is 23.2 Å². The van der Waals surface area contributed by atoms with Crippen LogP contribution in [0.5, 0.6) is 0 Å². The molecule has 0 aliphatic heterocycles. The highest BCUT2D eigenvalue weighted by Crippen LogP contribution is 2.49. The van der Waals surface area contributed by atoms with Crippen LogP contribution in [0, 0.1) is 28.6 Å². The summed E-state index contributed by atoms with van der Waals surface area (Å²) < 4.78 is 0. The molecule has 0 saturated heterocycles. The normalized spacial score (nSPS) is 27.4. The number of rotatable bonds is 3. The van der Waals surface area contributed by atoms with Gasteiger partial charge in [0, 0.05) is 10.0 Å². The molecule has 4 heteroatoms. The first-order valence-corrected chi connectivity index (χ1v) is 8.19. The van der Waals surface area contributed by atoms with Gasteiger partial charge in [0.25, 0.3) is 0 Å². The first kappa shape index (κ1) is 16.6. The van der Waals surface area contributed by atoms with Gasteiger partial charge >= 0.3 is 0 Å². The van der Waals surface area contributed by atoms with Crippen LogP contribution in [0.2, 0.25) is 10.0 Å². The van der Waals surface area contributed by atoms with E-state index in [4.69, 9.17) is 23.2 Å². The minimum Gasteiger partial charge on any atom is -0.387 e. The van der Waals surface area contributed by atoms with Crippen LogP contribution in [0.1, 0.15) is 51.2 Å². The topological polar surface area (TPSA) is 44.0 Å². The predicted octanol–water partition coefficient (Wildman–Crippen LogP) is 5.38. The quantitative estimate of drug-likeness (QED) is 0.810. The van der Waals surface area contributed by atoms with Crippen molar-refractivity contribution in [1.29, 1.82) is 5.26 Å². The highest BCUT2D eigenvalue weighted by molar-refractivity contribution is 6.34. The van der Waals surface area contributed by atoms with Crippen molar-refractivity contribution in [3.05, 3.63) is 33.8 Å². The molecule has 2 nitrogen and oxygen atoms in total. The van der Waals surface area contributed by atoms with E-state index in [1.54, 1.807) is 18.2 Å². The molecule has 0 radical (unpaired) electrons. The SMILES string of the molecule is CC(C)C1CCC(C#N)(C(O)c2cc(Cl)cc(Cl)c2)CC1. The van der Waals surface area contributed by atoms with Crippen LogP contribution in [0.25, 0.3) is 0 Å². The number of nitrogens with zero attached hydrogens (tertiary/aromatic N) is 1. The number of nitriles is 1. The van der Waals surface area contributed by atoms with E-state index in [1.165, 1.54) is 0 Å². The summed E-state index contributed by atoms with van der Waals surface area (Å²) in [6.45, 7) is 4.44. The average molecular weight is 326 g/mol. The number of hydrogen-bond acceptors (Lipinski definition) is 2. The molecule has 1 N–H and O–H groups in total. The lowest BCUT2D eigenvalue weighted by molar-refractivity contribution is 0.0190. The van der Waals surface area contributed by atoms with E-state index in [2.05, 4.69) is 19.9 Å². The van der Waals surface area contributed by atoms with Crippen LogP contribution in [0.3, 0.4) is 0 Å². The Bertz CT molecular complexity index is 522. The Balaban J connectivity index is 2.23. The van der Waals surface area contributed by atoms with Crippen molar-refractivity contribution < 1.29 is 5.11 Å². The molecule has 0 spiro atoms. The molecular weight excluding hydrogens is 305 g/mol. The van der Waals surface area contributed by atoms with Crippen LogP contribution < -0.4 is 0 Å². The van der Waals surface area contributed by atoms with Crippen molar-refractivity contribution >= 4 is 23.2 Å². The minimum atomic E-state index is -0.841. The molecule has 1 atom stereocenters. The van der Waals surface area contributed by atoms with Crippen LogP contribution in [-0.2, 0) is 0 Å². The lowest BCUT2D eigenvalue weighted by Crippen LogP contribution is -2.33. The monoisotopic (exact) mass is 325 g/mol. The maximum Gasteiger partial charge on any atom is 0.0977 e. The van der Waals surface area contributed by atoms with Gasteiger partial charge in [-0.25, -0.2) is 0 Å². The second kappa shape index (κ2) is 6.57. The maximum atomic E-state index is 10.7. The Morgan fingerprint density at radius 3 is 2.14 bits per heavy atom. The summed E-state index contributed by atoms with van der Waals surface area (Å²) >= 11 is 12.0. The molecule has 0 amide bonds. The summed E-state index contributed by atoms with van der Waals surface area (Å²) in [5.41, 5.74) is -0.0867. The molecule has 1 aromatic rings. The summed E-state index contributed by atoms with van der Waals surface area (Å²) in [6, 6.07) is 7.41. The second-order valence-electron chi connectivity index (χ2n) is 6.45. The van der Waals surface area contributed by atoms with Gasteiger partial charge in [0.1, 0.15) is 0 Å². The largest absolute Gasteiger partial charge is 0.387 e. The van der Waals surface area contributed by atoms with E-state index in [0.717, 1.165) is 25.7 Å². The first-order chi connectivity index (χ1) is 9.88. The van der Waals surface area contributed by atoms with Crippen LogP contribution in [-0.4, -0.2) is 5.11 Å². The molecule has 1 unspecified atom stereocenters. The molecule has 0 heterocycles. The van der Waals surface area contributed by atoms with Crippen molar-refractivity contribution in [1.82, 2.24) is 0 Å². The van der Waals surface area contributed by atoms with Crippen molar-refractivity contribution in [2.24, 2.45) is 17.3 Å². The van der Waals surface area contributed by atoms with Gasteiger partial charge in [-0.05, 0) is 61.3 Å². The molecule has 0 bridgehead atoms. The number of halogens is 2. The molecule has 2 rings (SSSR count). The summed E-state index contributed by atoms with van der Waals surface area (Å²) in [5, 5.41) is 21.4. The number of hydrogen-bond donors (Lipinski definition) is 1. The zero-order valence-corrected chi connectivity index (χ0v) is 14.0. The highest BCUT2D eigenvalue weighted by atomic mass is 35.5. The molecule has 114 valence electrons. The van der Waals surface area contributed by atoms with Gasteiger partial charge in [-0.1, -0.05) is 37.0 Å². The molecule has 1 aliphatic carbocycles. The Morgan fingerprint density at radius 2 is 1.71 bits per heavy atom. The second-order valence-corrected chi connectivity index (χ2v) is 7.33. The fourth-order valence-corrected chi connectivity index (χ4v) is 3.86. The first-order valence-electron chi connectivity index (χ1n) is 7.43. The van der Waals surface area contributed by atoms with E-state index in [0.29, 0.717) is 27.4 Å². The number of aliphatic hydroxyl groups is 1. The summed E-state index contributed by atoms with van der Waals surface area (Å²) in [4.78, 5) is 0. The summed E-state index contributed by atoms with van der Waals surface area (Å²) in [5.74, 6) is 1.26. The van der Waals surface area contributed by atoms with Gasteiger partial charge in [0.2, 0.25) is 0 Å². The van der Waals surface area contributed by atoms with Gasteiger partial charge in [-0.3, -0.25) is 0 Å². The van der Waals surface area contributed by atoms with Crippen molar-refractivity contribution in [3.63, 3.8) is 0 Å². The molecule has 21 heavy (non-hydrogen) atoms. The number of aliphatic hydroxyl groups excluding tert-OH is 1. The average Bonchev–Trinajstić information content (AvgIpc) is 2.45. The third kappa shape index (κ3) is 3.54. The molecule has 1 aromatic carbocycles. The standard InChI is InChI=1S/C17H21Cl2NO/c1-11(2)12-3-5-17(10-20,6-4-12)16(21)13-7-14(18)9-15(19)8-13/h7-9,11-12,16,21H,3-6H2,1-2H3. The van der Waals surface area contributed by atoms with Crippen molar-refractivity contribution in [2.75, 3.05) is 0 Å². The fourth-order valence-electron chi connectivity index (χ4n) is 3.32. The Hall–Kier alpha value is -0.750. The maximum absolute atomic E-state index is 10.7. The zero-order valence-electron chi connectivity index (χ0n) is 12.4. The van der Waals surface area contributed by atoms with E-state index in [-0.39, 0.29) is 0 Å². The highest BCUT2D eigenvalue weighted by Gasteiger charge is 2.43. The van der Waals surface area contributed by atoms with Crippen molar-refractivity contribution in [2.45, 2.75) is 45.6 Å². The lowest BCUT2D eigenvalue weighted by Gasteiger charge is -2.39. The van der Waals surface area contributed by atoms with Crippen LogP contribution in [0.15, 0.2) is 18.2 Å². The van der Waals surface area contributed by atoms with Gasteiger partial charge < -0.3 is 5.11 Å². The Morgan fingerprint density at radius 1 is 1.19 bits per heavy atom. The van der Waals surface area contributed by atoms with Gasteiger partial charge in [0.15, 0.2) is 0 Å². The summed E-state index contributed by atoms with van der Waals surface area (Å²) in [7, 11) is 0. The smallest absolute Gasteiger partial charge is 0.0977 e. The van der Waals surface area contributed by atoms with E-state index >= 15 is 0 Å². The molecule has 0 aromatic heterocycles. The molecule has 1 fully saturated rings. The molecule has 1 aliphatic rings. The van der Waals surface area contributed by atoms with E-state index in [1.807, 2.05) is 0 Å². The van der Waals surface area contributed by atoms with E-state index < -0.39 is 11.5 Å². The number of benzene rings is 1. The van der Waals surface area contributed by atoms with Gasteiger partial charge in [0.05, 0.1) is 17.6 Å². The molecular formula is C17H21Cl2NO. The van der Waals surface area contributed by atoms with E-state index in [9.17, 15) is 10.4 Å². The van der Waals surface area contributed by atoms with Crippen molar-refractivity contribution in [3.8, 4) is 6.07 Å².